The molecule has 0 saturated carbocycles. The first-order chi connectivity index (χ1) is 9.29. The molecular weight excluding hydrogens is 258 g/mol. The molecular formula is C14H15N3OS. The number of benzene rings is 1. The Hall–Kier alpha value is -2.14. The predicted molar refractivity (Wildman–Crippen MR) is 80.3 cm³/mol. The van der Waals surface area contributed by atoms with Gasteiger partial charge in [0.1, 0.15) is 0 Å². The van der Waals surface area contributed by atoms with Crippen LogP contribution in [-0.4, -0.2) is 17.2 Å². The SMILES string of the molecule is COc1cccnc1NC(=S)NCc1ccccc1. The van der Waals surface area contributed by atoms with Gasteiger partial charge in [-0.2, -0.15) is 0 Å². The quantitative estimate of drug-likeness (QED) is 0.838. The lowest BCUT2D eigenvalue weighted by Crippen LogP contribution is -2.28. The summed E-state index contributed by atoms with van der Waals surface area (Å²) < 4.78 is 5.20. The van der Waals surface area contributed by atoms with Crippen LogP contribution >= 0.6 is 12.2 Å². The molecule has 0 aliphatic rings. The van der Waals surface area contributed by atoms with Gasteiger partial charge in [0, 0.05) is 12.7 Å². The van der Waals surface area contributed by atoms with Crippen LogP contribution in [0.4, 0.5) is 5.82 Å². The van der Waals surface area contributed by atoms with Crippen molar-refractivity contribution in [2.24, 2.45) is 0 Å². The molecule has 19 heavy (non-hydrogen) atoms. The minimum Gasteiger partial charge on any atom is -0.493 e. The first-order valence-corrected chi connectivity index (χ1v) is 6.28. The number of aromatic nitrogens is 1. The van der Waals surface area contributed by atoms with E-state index in [4.69, 9.17) is 17.0 Å². The zero-order valence-electron chi connectivity index (χ0n) is 10.6. The first kappa shape index (κ1) is 13.3. The lowest BCUT2D eigenvalue weighted by Gasteiger charge is -2.12. The summed E-state index contributed by atoms with van der Waals surface area (Å²) in [5, 5.41) is 6.65. The van der Waals surface area contributed by atoms with Gasteiger partial charge >= 0.3 is 0 Å². The Morgan fingerprint density at radius 3 is 2.74 bits per heavy atom. The van der Waals surface area contributed by atoms with E-state index in [9.17, 15) is 0 Å². The third-order valence-corrected chi connectivity index (χ3v) is 2.76. The summed E-state index contributed by atoms with van der Waals surface area (Å²) in [5.41, 5.74) is 1.17. The van der Waals surface area contributed by atoms with E-state index >= 15 is 0 Å². The highest BCUT2D eigenvalue weighted by atomic mass is 32.1. The van der Waals surface area contributed by atoms with Gasteiger partial charge in [-0.3, -0.25) is 0 Å². The topological polar surface area (TPSA) is 46.2 Å². The fourth-order valence-corrected chi connectivity index (χ4v) is 1.75. The van der Waals surface area contributed by atoms with Crippen molar-refractivity contribution in [2.75, 3.05) is 12.4 Å². The van der Waals surface area contributed by atoms with Gasteiger partial charge in [0.2, 0.25) is 0 Å². The van der Waals surface area contributed by atoms with Crippen LogP contribution in [0.1, 0.15) is 5.56 Å². The van der Waals surface area contributed by atoms with Crippen LogP contribution in [0.15, 0.2) is 48.7 Å². The Bertz CT molecular complexity index is 545. The third-order valence-electron chi connectivity index (χ3n) is 2.52. The van der Waals surface area contributed by atoms with E-state index in [0.717, 1.165) is 0 Å². The van der Waals surface area contributed by atoms with Crippen molar-refractivity contribution in [3.05, 3.63) is 54.2 Å². The van der Waals surface area contributed by atoms with E-state index in [2.05, 4.69) is 15.6 Å². The van der Waals surface area contributed by atoms with Crippen molar-refractivity contribution < 1.29 is 4.74 Å². The molecule has 0 saturated heterocycles. The van der Waals surface area contributed by atoms with Crippen molar-refractivity contribution in [1.82, 2.24) is 10.3 Å². The fraction of sp³-hybridized carbons (Fsp3) is 0.143. The highest BCUT2D eigenvalue weighted by molar-refractivity contribution is 7.80. The number of thiocarbonyl (C=S) groups is 1. The van der Waals surface area contributed by atoms with Gasteiger partial charge in [0.25, 0.3) is 0 Å². The molecule has 0 amide bonds. The molecule has 0 aliphatic carbocycles. The highest BCUT2D eigenvalue weighted by Gasteiger charge is 2.04. The van der Waals surface area contributed by atoms with Crippen LogP contribution in [0.3, 0.4) is 0 Å². The number of rotatable bonds is 4. The number of nitrogens with one attached hydrogen (secondary N) is 2. The summed E-state index contributed by atoms with van der Waals surface area (Å²) >= 11 is 5.22. The molecule has 0 fully saturated rings. The van der Waals surface area contributed by atoms with Crippen LogP contribution in [0.2, 0.25) is 0 Å². The minimum atomic E-state index is 0.515. The van der Waals surface area contributed by atoms with E-state index < -0.39 is 0 Å². The van der Waals surface area contributed by atoms with Crippen molar-refractivity contribution in [3.8, 4) is 5.75 Å². The molecule has 4 nitrogen and oxygen atoms in total. The Kier molecular flexibility index (Phi) is 4.69. The molecule has 2 aromatic rings. The van der Waals surface area contributed by atoms with Gasteiger partial charge in [0.05, 0.1) is 7.11 Å². The second-order valence-corrected chi connectivity index (χ2v) is 4.26. The van der Waals surface area contributed by atoms with Gasteiger partial charge < -0.3 is 15.4 Å². The molecule has 0 atom stereocenters. The standard InChI is InChI=1S/C14H15N3OS/c1-18-12-8-5-9-15-13(12)17-14(19)16-10-11-6-3-2-4-7-11/h2-9H,10H2,1H3,(H2,15,16,17,19). The summed E-state index contributed by atoms with van der Waals surface area (Å²) in [4.78, 5) is 4.18. The molecule has 2 N–H and O–H groups in total. The number of hydrogen-bond acceptors (Lipinski definition) is 3. The number of methoxy groups -OCH3 is 1. The van der Waals surface area contributed by atoms with Gasteiger partial charge in [-0.15, -0.1) is 0 Å². The summed E-state index contributed by atoms with van der Waals surface area (Å²) in [7, 11) is 1.60. The van der Waals surface area contributed by atoms with E-state index in [-0.39, 0.29) is 0 Å². The van der Waals surface area contributed by atoms with Gasteiger partial charge in [0.15, 0.2) is 16.7 Å². The van der Waals surface area contributed by atoms with Gasteiger partial charge in [-0.25, -0.2) is 4.98 Å². The molecule has 5 heteroatoms. The van der Waals surface area contributed by atoms with E-state index in [1.54, 1.807) is 13.3 Å². The summed E-state index contributed by atoms with van der Waals surface area (Å²) in [6.07, 6.45) is 1.69. The smallest absolute Gasteiger partial charge is 0.174 e. The van der Waals surface area contributed by atoms with Crippen molar-refractivity contribution in [3.63, 3.8) is 0 Å². The minimum absolute atomic E-state index is 0.515. The highest BCUT2D eigenvalue weighted by Crippen LogP contribution is 2.19. The number of nitrogens with zero attached hydrogens (tertiary/aromatic N) is 1. The molecule has 1 aromatic heterocycles. The largest absolute Gasteiger partial charge is 0.493 e. The lowest BCUT2D eigenvalue weighted by atomic mass is 10.2. The van der Waals surface area contributed by atoms with Gasteiger partial charge in [-0.05, 0) is 29.9 Å². The van der Waals surface area contributed by atoms with Crippen molar-refractivity contribution >= 4 is 23.1 Å². The van der Waals surface area contributed by atoms with E-state index in [1.165, 1.54) is 5.56 Å². The van der Waals surface area contributed by atoms with Crippen LogP contribution in [0.25, 0.3) is 0 Å². The molecule has 98 valence electrons. The zero-order valence-corrected chi connectivity index (χ0v) is 11.4. The van der Waals surface area contributed by atoms with E-state index in [1.807, 2.05) is 42.5 Å². The Balaban J connectivity index is 1.91. The second kappa shape index (κ2) is 6.70. The number of hydrogen-bond donors (Lipinski definition) is 2. The summed E-state index contributed by atoms with van der Waals surface area (Å²) in [6.45, 7) is 0.668. The van der Waals surface area contributed by atoms with Gasteiger partial charge in [-0.1, -0.05) is 30.3 Å². The monoisotopic (exact) mass is 273 g/mol. The average Bonchev–Trinajstić information content (AvgIpc) is 2.47. The molecule has 0 unspecified atom stereocenters. The Labute approximate surface area is 117 Å². The fourth-order valence-electron chi connectivity index (χ4n) is 1.58. The predicted octanol–water partition coefficient (Wildman–Crippen LogP) is 2.58. The first-order valence-electron chi connectivity index (χ1n) is 5.87. The molecule has 0 bridgehead atoms. The van der Waals surface area contributed by atoms with E-state index in [0.29, 0.717) is 23.2 Å². The third kappa shape index (κ3) is 3.93. The maximum Gasteiger partial charge on any atom is 0.174 e. The number of pyridine rings is 1. The Morgan fingerprint density at radius 1 is 1.21 bits per heavy atom. The molecule has 2 rings (SSSR count). The maximum absolute atomic E-state index is 5.22. The van der Waals surface area contributed by atoms with Crippen LogP contribution in [0, 0.1) is 0 Å². The van der Waals surface area contributed by atoms with Crippen molar-refractivity contribution in [1.29, 1.82) is 0 Å². The number of ether oxygens (including phenoxy) is 1. The summed E-state index contributed by atoms with van der Waals surface area (Å²) in [5.74, 6) is 1.27. The summed E-state index contributed by atoms with van der Waals surface area (Å²) in [6, 6.07) is 13.7. The van der Waals surface area contributed by atoms with Crippen LogP contribution < -0.4 is 15.4 Å². The van der Waals surface area contributed by atoms with Crippen LogP contribution in [-0.2, 0) is 6.54 Å². The second-order valence-electron chi connectivity index (χ2n) is 3.85. The molecule has 0 spiro atoms. The normalized spacial score (nSPS) is 9.74. The average molecular weight is 273 g/mol. The lowest BCUT2D eigenvalue weighted by molar-refractivity contribution is 0.415. The molecule has 1 heterocycles. The molecule has 0 radical (unpaired) electrons. The maximum atomic E-state index is 5.22. The Morgan fingerprint density at radius 2 is 2.00 bits per heavy atom. The molecule has 1 aromatic carbocycles. The van der Waals surface area contributed by atoms with Crippen molar-refractivity contribution in [2.45, 2.75) is 6.54 Å². The molecule has 0 aliphatic heterocycles. The zero-order chi connectivity index (χ0) is 13.5. The van der Waals surface area contributed by atoms with Crippen LogP contribution in [0.5, 0.6) is 5.75 Å². The number of anilines is 1.